The normalized spacial score (nSPS) is 17.2. The van der Waals surface area contributed by atoms with Gasteiger partial charge in [-0.25, -0.2) is 4.98 Å². The molecule has 1 aliphatic carbocycles. The molecule has 0 amide bonds. The van der Waals surface area contributed by atoms with Gasteiger partial charge in [0.2, 0.25) is 0 Å². The summed E-state index contributed by atoms with van der Waals surface area (Å²) in [6, 6.07) is 2.14. The molecule has 0 unspecified atom stereocenters. The van der Waals surface area contributed by atoms with Crippen LogP contribution < -0.4 is 10.6 Å². The number of rotatable bonds is 6. The molecule has 6 heteroatoms. The van der Waals surface area contributed by atoms with Gasteiger partial charge in [0.15, 0.2) is 0 Å². The highest BCUT2D eigenvalue weighted by Crippen LogP contribution is 2.43. The molecule has 1 aromatic heterocycles. The molecule has 1 aliphatic rings. The number of pyridine rings is 1. The van der Waals surface area contributed by atoms with Crippen molar-refractivity contribution in [3.63, 3.8) is 0 Å². The lowest BCUT2D eigenvalue weighted by Gasteiger charge is -2.41. The molecule has 1 aromatic rings. The van der Waals surface area contributed by atoms with E-state index in [1.807, 2.05) is 6.92 Å². The van der Waals surface area contributed by atoms with Gasteiger partial charge in [0.05, 0.1) is 5.56 Å². The van der Waals surface area contributed by atoms with E-state index in [-0.39, 0.29) is 11.2 Å². The van der Waals surface area contributed by atoms with E-state index in [9.17, 15) is 13.2 Å². The van der Waals surface area contributed by atoms with E-state index >= 15 is 0 Å². The fourth-order valence-electron chi connectivity index (χ4n) is 2.67. The molecule has 2 N–H and O–H groups in total. The van der Waals surface area contributed by atoms with Crippen LogP contribution in [0.25, 0.3) is 0 Å². The summed E-state index contributed by atoms with van der Waals surface area (Å²) >= 11 is 0. The number of aromatic nitrogens is 1. The van der Waals surface area contributed by atoms with E-state index in [1.54, 1.807) is 0 Å². The molecule has 21 heavy (non-hydrogen) atoms. The topological polar surface area (TPSA) is 37.0 Å². The lowest BCUT2D eigenvalue weighted by Crippen LogP contribution is -2.36. The van der Waals surface area contributed by atoms with Crippen LogP contribution in [0.4, 0.5) is 24.8 Å². The monoisotopic (exact) mass is 301 g/mol. The first kappa shape index (κ1) is 15.9. The number of nitrogens with zero attached hydrogens (tertiary/aromatic N) is 1. The molecule has 0 saturated heterocycles. The van der Waals surface area contributed by atoms with Gasteiger partial charge in [-0.3, -0.25) is 0 Å². The fraction of sp³-hybridized carbons (Fsp3) is 0.667. The molecule has 2 rings (SSSR count). The average molecular weight is 301 g/mol. The van der Waals surface area contributed by atoms with Gasteiger partial charge >= 0.3 is 6.18 Å². The summed E-state index contributed by atoms with van der Waals surface area (Å²) in [5.74, 6) is 0.550. The maximum atomic E-state index is 12.9. The lowest BCUT2D eigenvalue weighted by atomic mass is 9.67. The molecular formula is C15H22F3N3. The van der Waals surface area contributed by atoms with Gasteiger partial charge in [0, 0.05) is 13.1 Å². The van der Waals surface area contributed by atoms with Crippen LogP contribution >= 0.6 is 0 Å². The van der Waals surface area contributed by atoms with E-state index in [1.165, 1.54) is 6.42 Å². The van der Waals surface area contributed by atoms with Gasteiger partial charge in [-0.15, -0.1) is 0 Å². The van der Waals surface area contributed by atoms with Crippen molar-refractivity contribution in [2.75, 3.05) is 23.7 Å². The summed E-state index contributed by atoms with van der Waals surface area (Å²) in [6.07, 6.45) is 0.153. The number of hydrogen-bond acceptors (Lipinski definition) is 3. The van der Waals surface area contributed by atoms with Crippen molar-refractivity contribution in [2.24, 2.45) is 5.41 Å². The number of hydrogen-bond donors (Lipinski definition) is 2. The Morgan fingerprint density at radius 3 is 2.19 bits per heavy atom. The fourth-order valence-corrected chi connectivity index (χ4v) is 2.67. The van der Waals surface area contributed by atoms with Gasteiger partial charge in [-0.1, -0.05) is 13.3 Å². The quantitative estimate of drug-likeness (QED) is 0.811. The van der Waals surface area contributed by atoms with Crippen LogP contribution in [0, 0.1) is 5.41 Å². The van der Waals surface area contributed by atoms with Crippen molar-refractivity contribution in [1.82, 2.24) is 4.98 Å². The highest BCUT2D eigenvalue weighted by molar-refractivity contribution is 5.50. The number of anilines is 2. The molecule has 1 saturated carbocycles. The van der Waals surface area contributed by atoms with Crippen LogP contribution in [-0.2, 0) is 6.18 Å². The molecule has 0 radical (unpaired) electrons. The van der Waals surface area contributed by atoms with Gasteiger partial charge in [-0.2, -0.15) is 13.2 Å². The first-order chi connectivity index (χ1) is 9.88. The third kappa shape index (κ3) is 3.80. The van der Waals surface area contributed by atoms with Crippen molar-refractivity contribution in [2.45, 2.75) is 45.7 Å². The summed E-state index contributed by atoms with van der Waals surface area (Å²) in [5.41, 5.74) is -0.441. The van der Waals surface area contributed by atoms with Crippen molar-refractivity contribution in [3.8, 4) is 0 Å². The molecule has 3 nitrogen and oxygen atoms in total. The number of nitrogens with one attached hydrogen (secondary N) is 2. The van der Waals surface area contributed by atoms with Gasteiger partial charge < -0.3 is 10.6 Å². The minimum absolute atomic E-state index is 0.230. The Kier molecular flexibility index (Phi) is 4.64. The van der Waals surface area contributed by atoms with E-state index < -0.39 is 11.7 Å². The molecule has 0 atom stereocenters. The summed E-state index contributed by atoms with van der Waals surface area (Å²) in [7, 11) is 0. The van der Waals surface area contributed by atoms with E-state index in [0.29, 0.717) is 18.9 Å². The molecule has 1 heterocycles. The molecule has 0 spiro atoms. The highest BCUT2D eigenvalue weighted by Gasteiger charge is 2.35. The predicted octanol–water partition coefficient (Wildman–Crippen LogP) is 4.52. The van der Waals surface area contributed by atoms with Crippen LogP contribution in [-0.4, -0.2) is 18.1 Å². The Labute approximate surface area is 123 Å². The van der Waals surface area contributed by atoms with E-state index in [0.717, 1.165) is 31.4 Å². The maximum Gasteiger partial charge on any atom is 0.416 e. The van der Waals surface area contributed by atoms with Gasteiger partial charge in [0.1, 0.15) is 11.6 Å². The Bertz CT molecular complexity index is 476. The van der Waals surface area contributed by atoms with Gasteiger partial charge in [0.25, 0.3) is 0 Å². The van der Waals surface area contributed by atoms with Gasteiger partial charge in [-0.05, 0) is 43.7 Å². The van der Waals surface area contributed by atoms with Crippen molar-refractivity contribution >= 4 is 11.6 Å². The smallest absolute Gasteiger partial charge is 0.370 e. The lowest BCUT2D eigenvalue weighted by molar-refractivity contribution is -0.137. The number of alkyl halides is 3. The largest absolute Gasteiger partial charge is 0.416 e. The van der Waals surface area contributed by atoms with Crippen molar-refractivity contribution in [1.29, 1.82) is 0 Å². The van der Waals surface area contributed by atoms with Crippen molar-refractivity contribution < 1.29 is 13.2 Å². The van der Waals surface area contributed by atoms with Crippen LogP contribution in [0.1, 0.15) is 45.1 Å². The van der Waals surface area contributed by atoms with Crippen LogP contribution in [0.15, 0.2) is 12.1 Å². The van der Waals surface area contributed by atoms with Crippen LogP contribution in [0.5, 0.6) is 0 Å². The summed E-state index contributed by atoms with van der Waals surface area (Å²) in [6.45, 7) is 5.18. The van der Waals surface area contributed by atoms with Crippen LogP contribution in [0.3, 0.4) is 0 Å². The highest BCUT2D eigenvalue weighted by atomic mass is 19.4. The minimum Gasteiger partial charge on any atom is -0.370 e. The molecule has 0 aliphatic heterocycles. The second kappa shape index (κ2) is 6.12. The SMILES string of the molecule is CCNc1cc(C(F)(F)F)cc(NCC2(CC)CCC2)n1. The molecular weight excluding hydrogens is 279 g/mol. The zero-order valence-electron chi connectivity index (χ0n) is 12.5. The third-order valence-corrected chi connectivity index (χ3v) is 4.32. The van der Waals surface area contributed by atoms with E-state index in [2.05, 4.69) is 22.5 Å². The van der Waals surface area contributed by atoms with Crippen LogP contribution in [0.2, 0.25) is 0 Å². The summed E-state index contributed by atoms with van der Waals surface area (Å²) in [5, 5.41) is 5.95. The maximum absolute atomic E-state index is 12.9. The predicted molar refractivity (Wildman–Crippen MR) is 78.5 cm³/mol. The third-order valence-electron chi connectivity index (χ3n) is 4.32. The Balaban J connectivity index is 2.15. The Morgan fingerprint density at radius 2 is 1.76 bits per heavy atom. The first-order valence-corrected chi connectivity index (χ1v) is 7.45. The average Bonchev–Trinajstić information content (AvgIpc) is 2.37. The van der Waals surface area contributed by atoms with E-state index in [4.69, 9.17) is 0 Å². The molecule has 0 bridgehead atoms. The summed E-state index contributed by atoms with van der Waals surface area (Å²) < 4.78 is 38.8. The molecule has 1 fully saturated rings. The molecule has 118 valence electrons. The van der Waals surface area contributed by atoms with Crippen molar-refractivity contribution in [3.05, 3.63) is 17.7 Å². The summed E-state index contributed by atoms with van der Waals surface area (Å²) in [4.78, 5) is 4.21. The Morgan fingerprint density at radius 1 is 1.14 bits per heavy atom. The zero-order valence-corrected chi connectivity index (χ0v) is 12.5. The first-order valence-electron chi connectivity index (χ1n) is 7.45. The Hall–Kier alpha value is -1.46. The molecule has 0 aromatic carbocycles. The second-order valence-corrected chi connectivity index (χ2v) is 5.72. The minimum atomic E-state index is -4.36. The zero-order chi connectivity index (χ0) is 15.5. The standard InChI is InChI=1S/C15H22F3N3/c1-3-14(6-5-7-14)10-20-13-9-11(15(16,17)18)8-12(21-13)19-4-2/h8-9H,3-7,10H2,1-2H3,(H2,19,20,21). The second-order valence-electron chi connectivity index (χ2n) is 5.72. The number of halogens is 3.